The van der Waals surface area contributed by atoms with E-state index < -0.39 is 16.3 Å². The van der Waals surface area contributed by atoms with Gasteiger partial charge in [0.05, 0.1) is 19.3 Å². The largest absolute Gasteiger partial charge is 0.379 e. The molecule has 2 heterocycles. The number of hydrogen-bond acceptors (Lipinski definition) is 5. The van der Waals surface area contributed by atoms with Gasteiger partial charge in [-0.3, -0.25) is 4.79 Å². The molecule has 8 nitrogen and oxygen atoms in total. The summed E-state index contributed by atoms with van der Waals surface area (Å²) in [5.41, 5.74) is 5.85. The lowest BCUT2D eigenvalue weighted by molar-refractivity contribution is -0.134. The molecule has 2 aliphatic heterocycles. The molecule has 136 valence electrons. The van der Waals surface area contributed by atoms with Crippen molar-refractivity contribution in [3.8, 4) is 0 Å². The fraction of sp³-hybridized carbons (Fsp3) is 0.923. The molecule has 0 aromatic rings. The van der Waals surface area contributed by atoms with E-state index in [1.807, 2.05) is 6.92 Å². The standard InChI is InChI=1S/C13H26N4O4S.ClH/c1-2-3-12(14)13(18)15-4-6-16(7-5-15)22(19,20)17-8-10-21-11-9-17;/h12H,2-11,14H2,1H3;1H. The van der Waals surface area contributed by atoms with Gasteiger partial charge >= 0.3 is 0 Å². The normalized spacial score (nSPS) is 22.4. The Morgan fingerprint density at radius 3 is 2.13 bits per heavy atom. The van der Waals surface area contributed by atoms with Crippen LogP contribution in [0.1, 0.15) is 19.8 Å². The minimum Gasteiger partial charge on any atom is -0.379 e. The summed E-state index contributed by atoms with van der Waals surface area (Å²) >= 11 is 0. The third-order valence-electron chi connectivity index (χ3n) is 4.09. The molecular formula is C13H27ClN4O4S. The number of rotatable bonds is 5. The van der Waals surface area contributed by atoms with E-state index in [9.17, 15) is 13.2 Å². The molecule has 2 saturated heterocycles. The number of carbonyl (C=O) groups excluding carboxylic acids is 1. The second-order valence-corrected chi connectivity index (χ2v) is 7.57. The zero-order chi connectivity index (χ0) is 16.2. The number of nitrogens with zero attached hydrogens (tertiary/aromatic N) is 3. The number of hydrogen-bond donors (Lipinski definition) is 1. The van der Waals surface area contributed by atoms with Crippen LogP contribution in [-0.2, 0) is 19.7 Å². The maximum atomic E-state index is 12.5. The average molecular weight is 371 g/mol. The number of nitrogens with two attached hydrogens (primary N) is 1. The maximum Gasteiger partial charge on any atom is 0.282 e. The molecule has 23 heavy (non-hydrogen) atoms. The molecule has 0 spiro atoms. The van der Waals surface area contributed by atoms with Crippen LogP contribution >= 0.6 is 12.4 Å². The van der Waals surface area contributed by atoms with E-state index >= 15 is 0 Å². The van der Waals surface area contributed by atoms with Crippen molar-refractivity contribution < 1.29 is 17.9 Å². The summed E-state index contributed by atoms with van der Waals surface area (Å²) < 4.78 is 33.1. The van der Waals surface area contributed by atoms with Crippen LogP contribution in [0.5, 0.6) is 0 Å². The smallest absolute Gasteiger partial charge is 0.282 e. The van der Waals surface area contributed by atoms with Crippen LogP contribution in [0.3, 0.4) is 0 Å². The van der Waals surface area contributed by atoms with Crippen LogP contribution in [0, 0.1) is 0 Å². The molecule has 1 amide bonds. The molecule has 2 N–H and O–H groups in total. The van der Waals surface area contributed by atoms with Crippen molar-refractivity contribution >= 4 is 28.5 Å². The Morgan fingerprint density at radius 2 is 1.61 bits per heavy atom. The van der Waals surface area contributed by atoms with Gasteiger partial charge in [0.1, 0.15) is 0 Å². The summed E-state index contributed by atoms with van der Waals surface area (Å²) in [5, 5.41) is 0. The fourth-order valence-electron chi connectivity index (χ4n) is 2.75. The first-order chi connectivity index (χ1) is 10.5. The predicted octanol–water partition coefficient (Wildman–Crippen LogP) is -0.743. The van der Waals surface area contributed by atoms with Gasteiger partial charge in [0.25, 0.3) is 10.2 Å². The Morgan fingerprint density at radius 1 is 1.09 bits per heavy atom. The first kappa shape index (κ1) is 20.6. The lowest BCUT2D eigenvalue weighted by Gasteiger charge is -2.38. The SMILES string of the molecule is CCCC(N)C(=O)N1CCN(S(=O)(=O)N2CCOCC2)CC1.Cl. The third kappa shape index (κ3) is 5.01. The van der Waals surface area contributed by atoms with Crippen LogP contribution in [0.4, 0.5) is 0 Å². The van der Waals surface area contributed by atoms with Gasteiger partial charge in [0, 0.05) is 39.3 Å². The highest BCUT2D eigenvalue weighted by molar-refractivity contribution is 7.86. The van der Waals surface area contributed by atoms with Gasteiger partial charge < -0.3 is 15.4 Å². The number of piperazine rings is 1. The van der Waals surface area contributed by atoms with Gasteiger partial charge in [0.15, 0.2) is 0 Å². The molecule has 10 heteroatoms. The van der Waals surface area contributed by atoms with Crippen molar-refractivity contribution in [1.29, 1.82) is 0 Å². The lowest BCUT2D eigenvalue weighted by Crippen LogP contribution is -2.57. The molecule has 0 bridgehead atoms. The molecule has 2 rings (SSSR count). The number of amides is 1. The second-order valence-electron chi connectivity index (χ2n) is 5.64. The van der Waals surface area contributed by atoms with Gasteiger partial charge in [-0.2, -0.15) is 17.0 Å². The topological polar surface area (TPSA) is 96.2 Å². The molecule has 1 unspecified atom stereocenters. The van der Waals surface area contributed by atoms with Crippen molar-refractivity contribution in [2.45, 2.75) is 25.8 Å². The molecule has 2 fully saturated rings. The molecule has 0 aromatic carbocycles. The Hall–Kier alpha value is -0.450. The zero-order valence-corrected chi connectivity index (χ0v) is 15.1. The average Bonchev–Trinajstić information content (AvgIpc) is 2.55. The van der Waals surface area contributed by atoms with Crippen LogP contribution in [0.15, 0.2) is 0 Å². The van der Waals surface area contributed by atoms with Gasteiger partial charge in [-0.25, -0.2) is 0 Å². The monoisotopic (exact) mass is 370 g/mol. The highest BCUT2D eigenvalue weighted by Gasteiger charge is 2.34. The van der Waals surface area contributed by atoms with E-state index in [1.54, 1.807) is 4.90 Å². The number of halogens is 1. The maximum absolute atomic E-state index is 12.5. The summed E-state index contributed by atoms with van der Waals surface area (Å²) in [4.78, 5) is 13.8. The van der Waals surface area contributed by atoms with Crippen molar-refractivity contribution in [3.63, 3.8) is 0 Å². The van der Waals surface area contributed by atoms with Crippen molar-refractivity contribution in [2.24, 2.45) is 5.73 Å². The minimum atomic E-state index is -3.45. The lowest BCUT2D eigenvalue weighted by atomic mass is 10.1. The van der Waals surface area contributed by atoms with Crippen LogP contribution in [0.25, 0.3) is 0 Å². The summed E-state index contributed by atoms with van der Waals surface area (Å²) in [6, 6.07) is -0.479. The van der Waals surface area contributed by atoms with Crippen molar-refractivity contribution in [3.05, 3.63) is 0 Å². The van der Waals surface area contributed by atoms with E-state index in [2.05, 4.69) is 0 Å². The molecular weight excluding hydrogens is 344 g/mol. The number of morpholine rings is 1. The zero-order valence-electron chi connectivity index (χ0n) is 13.5. The molecule has 1 atom stereocenters. The van der Waals surface area contributed by atoms with E-state index in [-0.39, 0.29) is 18.3 Å². The second kappa shape index (κ2) is 9.14. The van der Waals surface area contributed by atoms with Crippen LogP contribution in [-0.4, -0.2) is 86.4 Å². The number of carbonyl (C=O) groups is 1. The van der Waals surface area contributed by atoms with Gasteiger partial charge in [0.2, 0.25) is 5.91 Å². The van der Waals surface area contributed by atoms with E-state index in [0.29, 0.717) is 58.9 Å². The van der Waals surface area contributed by atoms with Gasteiger partial charge in [-0.15, -0.1) is 12.4 Å². The molecule has 0 aromatic heterocycles. The summed E-state index contributed by atoms with van der Waals surface area (Å²) in [5.74, 6) is -0.0785. The Bertz CT molecular complexity index is 476. The van der Waals surface area contributed by atoms with Crippen LogP contribution in [0.2, 0.25) is 0 Å². The summed E-state index contributed by atoms with van der Waals surface area (Å²) in [6.45, 7) is 5.09. The van der Waals surface area contributed by atoms with E-state index in [0.717, 1.165) is 6.42 Å². The van der Waals surface area contributed by atoms with Gasteiger partial charge in [-0.1, -0.05) is 13.3 Å². The molecule has 2 aliphatic rings. The van der Waals surface area contributed by atoms with E-state index in [4.69, 9.17) is 10.5 Å². The summed E-state index contributed by atoms with van der Waals surface area (Å²) in [6.07, 6.45) is 1.52. The minimum absolute atomic E-state index is 0. The molecule has 0 radical (unpaired) electrons. The summed E-state index contributed by atoms with van der Waals surface area (Å²) in [7, 11) is -3.45. The van der Waals surface area contributed by atoms with Crippen molar-refractivity contribution in [1.82, 2.24) is 13.5 Å². The third-order valence-corrected chi connectivity index (χ3v) is 6.13. The highest BCUT2D eigenvalue weighted by atomic mass is 35.5. The first-order valence-corrected chi connectivity index (χ1v) is 9.24. The van der Waals surface area contributed by atoms with Gasteiger partial charge in [-0.05, 0) is 6.42 Å². The molecule has 0 saturated carbocycles. The van der Waals surface area contributed by atoms with E-state index in [1.165, 1.54) is 8.61 Å². The quantitative estimate of drug-likeness (QED) is 0.687. The molecule has 0 aliphatic carbocycles. The Kier molecular flexibility index (Phi) is 8.19. The Labute approximate surface area is 144 Å². The number of ether oxygens (including phenoxy) is 1. The first-order valence-electron chi connectivity index (χ1n) is 7.84. The fourth-order valence-corrected chi connectivity index (χ4v) is 4.31. The van der Waals surface area contributed by atoms with Crippen LogP contribution < -0.4 is 5.73 Å². The van der Waals surface area contributed by atoms with Crippen molar-refractivity contribution in [2.75, 3.05) is 52.5 Å². The highest BCUT2D eigenvalue weighted by Crippen LogP contribution is 2.14. The predicted molar refractivity (Wildman–Crippen MR) is 89.6 cm³/mol. The Balaban J connectivity index is 0.00000264.